The molecule has 0 saturated carbocycles. The van der Waals surface area contributed by atoms with Crippen molar-refractivity contribution in [3.8, 4) is 11.5 Å². The van der Waals surface area contributed by atoms with Crippen molar-refractivity contribution in [2.45, 2.75) is 6.92 Å². The van der Waals surface area contributed by atoms with Crippen LogP contribution in [0.15, 0.2) is 18.7 Å². The zero-order chi connectivity index (χ0) is 13.0. The lowest BCUT2D eigenvalue weighted by molar-refractivity contribution is -0.133. The second-order valence-corrected chi connectivity index (χ2v) is 3.49. The topological polar surface area (TPSA) is 44.8 Å². The van der Waals surface area contributed by atoms with Crippen LogP contribution in [0.3, 0.4) is 0 Å². The average molecular weight is 236 g/mol. The van der Waals surface area contributed by atoms with Crippen molar-refractivity contribution in [1.82, 2.24) is 0 Å². The molecule has 4 heteroatoms. The fourth-order valence-corrected chi connectivity index (χ4v) is 1.61. The Morgan fingerprint density at radius 3 is 2.29 bits per heavy atom. The van der Waals surface area contributed by atoms with Gasteiger partial charge < -0.3 is 14.2 Å². The van der Waals surface area contributed by atoms with Gasteiger partial charge in [-0.3, -0.25) is 0 Å². The summed E-state index contributed by atoms with van der Waals surface area (Å²) < 4.78 is 15.0. The Kier molecular flexibility index (Phi) is 4.15. The third-order valence-corrected chi connectivity index (χ3v) is 2.46. The standard InChI is InChI=1S/C13H16O4/c1-8-6-10(15-3)7-11(16-4)12(8)9(2)13(14)17-5/h6-7H,2H2,1,3-5H3. The molecule has 0 fully saturated rings. The summed E-state index contributed by atoms with van der Waals surface area (Å²) in [6.45, 7) is 5.58. The van der Waals surface area contributed by atoms with Crippen LogP contribution in [-0.4, -0.2) is 27.3 Å². The second-order valence-electron chi connectivity index (χ2n) is 3.49. The van der Waals surface area contributed by atoms with Gasteiger partial charge in [0.2, 0.25) is 0 Å². The average Bonchev–Trinajstić information content (AvgIpc) is 2.35. The molecule has 0 atom stereocenters. The molecule has 0 aliphatic rings. The molecule has 0 amide bonds. The minimum Gasteiger partial charge on any atom is -0.497 e. The summed E-state index contributed by atoms with van der Waals surface area (Å²) in [5.74, 6) is 0.731. The summed E-state index contributed by atoms with van der Waals surface area (Å²) in [5, 5.41) is 0. The number of ether oxygens (including phenoxy) is 3. The fraction of sp³-hybridized carbons (Fsp3) is 0.308. The minimum atomic E-state index is -0.475. The predicted molar refractivity (Wildman–Crippen MR) is 65.3 cm³/mol. The molecule has 4 nitrogen and oxygen atoms in total. The molecule has 1 rings (SSSR count). The number of aryl methyl sites for hydroxylation is 1. The maximum atomic E-state index is 11.5. The number of benzene rings is 1. The SMILES string of the molecule is C=C(C(=O)OC)c1c(C)cc(OC)cc1OC. The highest BCUT2D eigenvalue weighted by Gasteiger charge is 2.18. The summed E-state index contributed by atoms with van der Waals surface area (Å²) in [4.78, 5) is 11.5. The van der Waals surface area contributed by atoms with Crippen molar-refractivity contribution in [3.05, 3.63) is 29.8 Å². The first kappa shape index (κ1) is 13.1. The number of carbonyl (C=O) groups excluding carboxylic acids is 1. The minimum absolute atomic E-state index is 0.268. The first-order valence-corrected chi connectivity index (χ1v) is 5.05. The number of carbonyl (C=O) groups is 1. The Morgan fingerprint density at radius 1 is 1.18 bits per heavy atom. The van der Waals surface area contributed by atoms with Crippen molar-refractivity contribution >= 4 is 11.5 Å². The van der Waals surface area contributed by atoms with Crippen molar-refractivity contribution in [2.75, 3.05) is 21.3 Å². The van der Waals surface area contributed by atoms with Gasteiger partial charge >= 0.3 is 5.97 Å². The van der Waals surface area contributed by atoms with Gasteiger partial charge in [-0.05, 0) is 18.6 Å². The largest absolute Gasteiger partial charge is 0.497 e. The highest BCUT2D eigenvalue weighted by molar-refractivity contribution is 6.16. The van der Waals surface area contributed by atoms with Gasteiger partial charge in [0.15, 0.2) is 0 Å². The molecular weight excluding hydrogens is 220 g/mol. The zero-order valence-electron chi connectivity index (χ0n) is 10.5. The molecular formula is C13H16O4. The maximum absolute atomic E-state index is 11.5. The molecule has 1 aromatic rings. The Hall–Kier alpha value is -1.97. The molecule has 0 saturated heterocycles. The van der Waals surface area contributed by atoms with Crippen LogP contribution in [0.25, 0.3) is 5.57 Å². The fourth-order valence-electron chi connectivity index (χ4n) is 1.61. The Morgan fingerprint density at radius 2 is 1.82 bits per heavy atom. The molecule has 0 aliphatic carbocycles. The number of hydrogen-bond donors (Lipinski definition) is 0. The molecule has 92 valence electrons. The van der Waals surface area contributed by atoms with E-state index >= 15 is 0 Å². The van der Waals surface area contributed by atoms with Gasteiger partial charge in [-0.15, -0.1) is 0 Å². The summed E-state index contributed by atoms with van der Waals surface area (Å²) in [6, 6.07) is 3.52. The first-order chi connectivity index (χ1) is 8.04. The summed E-state index contributed by atoms with van der Waals surface area (Å²) in [6.07, 6.45) is 0. The van der Waals surface area contributed by atoms with Crippen molar-refractivity contribution in [2.24, 2.45) is 0 Å². The second kappa shape index (κ2) is 5.39. The number of hydrogen-bond acceptors (Lipinski definition) is 4. The van der Waals surface area contributed by atoms with E-state index < -0.39 is 5.97 Å². The normalized spacial score (nSPS) is 9.65. The van der Waals surface area contributed by atoms with Gasteiger partial charge in [-0.2, -0.15) is 0 Å². The first-order valence-electron chi connectivity index (χ1n) is 5.05. The monoisotopic (exact) mass is 236 g/mol. The molecule has 0 aromatic heterocycles. The van der Waals surface area contributed by atoms with Gasteiger partial charge in [-0.1, -0.05) is 6.58 Å². The van der Waals surface area contributed by atoms with Crippen LogP contribution in [0.5, 0.6) is 11.5 Å². The van der Waals surface area contributed by atoms with E-state index in [-0.39, 0.29) is 5.57 Å². The quantitative estimate of drug-likeness (QED) is 0.594. The van der Waals surface area contributed by atoms with Gasteiger partial charge in [-0.25, -0.2) is 4.79 Å². The van der Waals surface area contributed by atoms with Crippen LogP contribution in [-0.2, 0) is 9.53 Å². The predicted octanol–water partition coefficient (Wildman–Crippen LogP) is 2.20. The van der Waals surface area contributed by atoms with Crippen molar-refractivity contribution < 1.29 is 19.0 Å². The van der Waals surface area contributed by atoms with E-state index in [4.69, 9.17) is 9.47 Å². The van der Waals surface area contributed by atoms with Crippen LogP contribution in [0.1, 0.15) is 11.1 Å². The Labute approximate surface area is 101 Å². The van der Waals surface area contributed by atoms with Crippen LogP contribution >= 0.6 is 0 Å². The van der Waals surface area contributed by atoms with E-state index in [1.54, 1.807) is 13.2 Å². The molecule has 0 heterocycles. The summed E-state index contributed by atoms with van der Waals surface area (Å²) in [7, 11) is 4.42. The molecule has 0 radical (unpaired) electrons. The molecule has 0 unspecified atom stereocenters. The molecule has 1 aromatic carbocycles. The zero-order valence-corrected chi connectivity index (χ0v) is 10.5. The van der Waals surface area contributed by atoms with E-state index in [0.717, 1.165) is 5.56 Å². The summed E-state index contributed by atoms with van der Waals surface area (Å²) >= 11 is 0. The molecule has 17 heavy (non-hydrogen) atoms. The molecule has 0 spiro atoms. The third-order valence-electron chi connectivity index (χ3n) is 2.46. The lowest BCUT2D eigenvalue weighted by Crippen LogP contribution is -2.06. The van der Waals surface area contributed by atoms with E-state index in [0.29, 0.717) is 17.1 Å². The van der Waals surface area contributed by atoms with Crippen LogP contribution < -0.4 is 9.47 Å². The van der Waals surface area contributed by atoms with Crippen molar-refractivity contribution in [3.63, 3.8) is 0 Å². The number of methoxy groups -OCH3 is 3. The van der Waals surface area contributed by atoms with Crippen LogP contribution in [0.2, 0.25) is 0 Å². The Balaban J connectivity index is 3.32. The maximum Gasteiger partial charge on any atom is 0.337 e. The van der Waals surface area contributed by atoms with E-state index in [1.807, 2.05) is 13.0 Å². The number of rotatable bonds is 4. The Bertz CT molecular complexity index is 449. The van der Waals surface area contributed by atoms with Gasteiger partial charge in [0.25, 0.3) is 0 Å². The van der Waals surface area contributed by atoms with E-state index in [2.05, 4.69) is 11.3 Å². The van der Waals surface area contributed by atoms with Crippen molar-refractivity contribution in [1.29, 1.82) is 0 Å². The molecule has 0 N–H and O–H groups in total. The van der Waals surface area contributed by atoms with Gasteiger partial charge in [0, 0.05) is 11.6 Å². The highest BCUT2D eigenvalue weighted by atomic mass is 16.5. The lowest BCUT2D eigenvalue weighted by atomic mass is 10.00. The summed E-state index contributed by atoms with van der Waals surface area (Å²) in [5.41, 5.74) is 1.75. The van der Waals surface area contributed by atoms with E-state index in [9.17, 15) is 4.79 Å². The van der Waals surface area contributed by atoms with Crippen LogP contribution in [0, 0.1) is 6.92 Å². The molecule has 0 bridgehead atoms. The van der Waals surface area contributed by atoms with Gasteiger partial charge in [0.1, 0.15) is 11.5 Å². The molecule has 0 aliphatic heterocycles. The van der Waals surface area contributed by atoms with E-state index in [1.165, 1.54) is 14.2 Å². The number of esters is 1. The van der Waals surface area contributed by atoms with Crippen LogP contribution in [0.4, 0.5) is 0 Å². The lowest BCUT2D eigenvalue weighted by Gasteiger charge is -2.14. The van der Waals surface area contributed by atoms with Gasteiger partial charge in [0.05, 0.1) is 26.9 Å². The third kappa shape index (κ3) is 2.58. The highest BCUT2D eigenvalue weighted by Crippen LogP contribution is 2.33. The smallest absolute Gasteiger partial charge is 0.337 e.